The minimum absolute atomic E-state index is 0.305. The van der Waals surface area contributed by atoms with Crippen LogP contribution < -0.4 is 5.73 Å². The minimum Gasteiger partial charge on any atom is -0.358 e. The molecule has 3 rings (SSSR count). The van der Waals surface area contributed by atoms with E-state index in [0.29, 0.717) is 6.04 Å². The van der Waals surface area contributed by atoms with Crippen LogP contribution in [0, 0.1) is 0 Å². The third kappa shape index (κ3) is 1.12. The molecule has 3 N–H and O–H groups in total. The van der Waals surface area contributed by atoms with Gasteiger partial charge in [0, 0.05) is 33.5 Å². The lowest BCUT2D eigenvalue weighted by Gasteiger charge is -2.00. The van der Waals surface area contributed by atoms with Gasteiger partial charge in [0.2, 0.25) is 0 Å². The van der Waals surface area contributed by atoms with E-state index in [-0.39, 0.29) is 0 Å². The van der Waals surface area contributed by atoms with Gasteiger partial charge in [0.05, 0.1) is 0 Å². The molecule has 1 aliphatic rings. The molecule has 1 aromatic heterocycles. The lowest BCUT2D eigenvalue weighted by atomic mass is 10.1. The van der Waals surface area contributed by atoms with Gasteiger partial charge < -0.3 is 10.7 Å². The van der Waals surface area contributed by atoms with Crippen LogP contribution in [0.15, 0.2) is 22.7 Å². The lowest BCUT2D eigenvalue weighted by Crippen LogP contribution is -2.19. The van der Waals surface area contributed by atoms with Crippen molar-refractivity contribution in [3.8, 4) is 0 Å². The molecule has 3 heteroatoms. The average molecular weight is 251 g/mol. The Morgan fingerprint density at radius 2 is 2.21 bits per heavy atom. The zero-order valence-electron chi connectivity index (χ0n) is 7.68. The first kappa shape index (κ1) is 8.50. The fraction of sp³-hybridized carbons (Fsp3) is 0.273. The summed E-state index contributed by atoms with van der Waals surface area (Å²) in [7, 11) is 0. The van der Waals surface area contributed by atoms with Gasteiger partial charge in [0.15, 0.2) is 0 Å². The highest BCUT2D eigenvalue weighted by atomic mass is 79.9. The van der Waals surface area contributed by atoms with E-state index in [1.54, 1.807) is 0 Å². The zero-order valence-corrected chi connectivity index (χ0v) is 9.26. The molecule has 2 aromatic rings. The molecule has 1 heterocycles. The molecule has 0 radical (unpaired) electrons. The van der Waals surface area contributed by atoms with Crippen molar-refractivity contribution in [3.63, 3.8) is 0 Å². The van der Waals surface area contributed by atoms with Crippen molar-refractivity contribution in [2.45, 2.75) is 18.9 Å². The molecular formula is C11H11BrN2. The van der Waals surface area contributed by atoms with Gasteiger partial charge in [0.1, 0.15) is 0 Å². The van der Waals surface area contributed by atoms with E-state index in [4.69, 9.17) is 5.73 Å². The van der Waals surface area contributed by atoms with Crippen LogP contribution in [0.3, 0.4) is 0 Å². The summed E-state index contributed by atoms with van der Waals surface area (Å²) in [5, 5.41) is 1.32. The van der Waals surface area contributed by atoms with Gasteiger partial charge in [-0.3, -0.25) is 0 Å². The van der Waals surface area contributed by atoms with E-state index in [1.807, 2.05) is 0 Å². The monoisotopic (exact) mass is 250 g/mol. The van der Waals surface area contributed by atoms with Crippen molar-refractivity contribution in [3.05, 3.63) is 33.9 Å². The van der Waals surface area contributed by atoms with Gasteiger partial charge in [-0.15, -0.1) is 0 Å². The highest BCUT2D eigenvalue weighted by Gasteiger charge is 2.22. The number of H-pyrrole nitrogens is 1. The molecule has 0 unspecified atom stereocenters. The van der Waals surface area contributed by atoms with Gasteiger partial charge in [-0.05, 0) is 30.2 Å². The van der Waals surface area contributed by atoms with Crippen molar-refractivity contribution in [2.24, 2.45) is 5.73 Å². The molecular weight excluding hydrogens is 240 g/mol. The van der Waals surface area contributed by atoms with Gasteiger partial charge >= 0.3 is 0 Å². The standard InChI is InChI=1S/C11H11BrN2/c12-6-1-2-10-8(3-6)9-4-7(13)5-11(9)14-10/h1-3,7,14H,4-5,13H2/t7-/m1/s1. The summed E-state index contributed by atoms with van der Waals surface area (Å²) >= 11 is 3.50. The molecule has 2 nitrogen and oxygen atoms in total. The topological polar surface area (TPSA) is 41.8 Å². The van der Waals surface area contributed by atoms with Gasteiger partial charge in [-0.2, -0.15) is 0 Å². The summed E-state index contributed by atoms with van der Waals surface area (Å²) in [5.41, 5.74) is 9.89. The summed E-state index contributed by atoms with van der Waals surface area (Å²) in [6.07, 6.45) is 1.99. The third-order valence-electron chi connectivity index (χ3n) is 2.89. The normalized spacial score (nSPS) is 20.3. The quantitative estimate of drug-likeness (QED) is 0.741. The molecule has 1 atom stereocenters. The number of aromatic nitrogens is 1. The summed E-state index contributed by atoms with van der Waals surface area (Å²) in [6.45, 7) is 0. The van der Waals surface area contributed by atoms with Crippen LogP contribution in [0.1, 0.15) is 11.3 Å². The number of hydrogen-bond acceptors (Lipinski definition) is 1. The molecule has 0 aliphatic heterocycles. The van der Waals surface area contributed by atoms with E-state index < -0.39 is 0 Å². The first-order valence-corrected chi connectivity index (χ1v) is 5.58. The second-order valence-corrected chi connectivity index (χ2v) is 4.86. The van der Waals surface area contributed by atoms with Gasteiger partial charge in [0.25, 0.3) is 0 Å². The Morgan fingerprint density at radius 1 is 1.36 bits per heavy atom. The Hall–Kier alpha value is -0.800. The predicted molar refractivity (Wildman–Crippen MR) is 61.4 cm³/mol. The van der Waals surface area contributed by atoms with E-state index in [1.165, 1.54) is 22.2 Å². The second-order valence-electron chi connectivity index (χ2n) is 3.94. The van der Waals surface area contributed by atoms with E-state index in [2.05, 4.69) is 39.1 Å². The first-order chi connectivity index (χ1) is 6.74. The summed E-state index contributed by atoms with van der Waals surface area (Å²) < 4.78 is 1.13. The molecule has 0 bridgehead atoms. The molecule has 0 fully saturated rings. The second kappa shape index (κ2) is 2.84. The molecule has 1 aromatic carbocycles. The van der Waals surface area contributed by atoms with Crippen molar-refractivity contribution in [1.82, 2.24) is 4.98 Å². The number of nitrogens with one attached hydrogen (secondary N) is 1. The van der Waals surface area contributed by atoms with Crippen LogP contribution in [-0.4, -0.2) is 11.0 Å². The van der Waals surface area contributed by atoms with Crippen molar-refractivity contribution < 1.29 is 0 Å². The van der Waals surface area contributed by atoms with Crippen molar-refractivity contribution in [2.75, 3.05) is 0 Å². The Labute approximate surface area is 90.6 Å². The SMILES string of the molecule is N[C@H]1Cc2[nH]c3ccc(Br)cc3c2C1. The van der Waals surface area contributed by atoms with E-state index in [9.17, 15) is 0 Å². The molecule has 0 saturated carbocycles. The summed E-state index contributed by atoms with van der Waals surface area (Å²) in [5.74, 6) is 0. The number of benzene rings is 1. The molecule has 1 aliphatic carbocycles. The molecule has 0 amide bonds. The van der Waals surface area contributed by atoms with Gasteiger partial charge in [-0.1, -0.05) is 15.9 Å². The van der Waals surface area contributed by atoms with Crippen LogP contribution in [0.5, 0.6) is 0 Å². The number of hydrogen-bond donors (Lipinski definition) is 2. The Balaban J connectivity index is 2.30. The summed E-state index contributed by atoms with van der Waals surface area (Å²) in [6, 6.07) is 6.65. The van der Waals surface area contributed by atoms with E-state index in [0.717, 1.165) is 17.3 Å². The minimum atomic E-state index is 0.305. The largest absolute Gasteiger partial charge is 0.358 e. The number of nitrogens with two attached hydrogens (primary N) is 1. The van der Waals surface area contributed by atoms with E-state index >= 15 is 0 Å². The fourth-order valence-corrected chi connectivity index (χ4v) is 2.64. The van der Waals surface area contributed by atoms with Crippen LogP contribution in [0.25, 0.3) is 10.9 Å². The Morgan fingerprint density at radius 3 is 3.07 bits per heavy atom. The molecule has 72 valence electrons. The maximum absolute atomic E-state index is 5.93. The molecule has 14 heavy (non-hydrogen) atoms. The lowest BCUT2D eigenvalue weighted by molar-refractivity contribution is 0.716. The molecule has 0 saturated heterocycles. The predicted octanol–water partition coefficient (Wildman–Crippen LogP) is 2.36. The maximum Gasteiger partial charge on any atom is 0.0459 e. The summed E-state index contributed by atoms with van der Waals surface area (Å²) in [4.78, 5) is 3.43. The van der Waals surface area contributed by atoms with Gasteiger partial charge in [-0.25, -0.2) is 0 Å². The number of aromatic amines is 1. The smallest absolute Gasteiger partial charge is 0.0459 e. The maximum atomic E-state index is 5.93. The number of halogens is 1. The Bertz CT molecular complexity index is 501. The fourth-order valence-electron chi connectivity index (χ4n) is 2.28. The zero-order chi connectivity index (χ0) is 9.71. The molecule has 0 spiro atoms. The van der Waals surface area contributed by atoms with Crippen molar-refractivity contribution in [1.29, 1.82) is 0 Å². The van der Waals surface area contributed by atoms with Crippen molar-refractivity contribution >= 4 is 26.8 Å². The number of fused-ring (bicyclic) bond motifs is 3. The first-order valence-electron chi connectivity index (χ1n) is 4.78. The highest BCUT2D eigenvalue weighted by molar-refractivity contribution is 9.10. The van der Waals surface area contributed by atoms with Crippen LogP contribution in [0.4, 0.5) is 0 Å². The van der Waals surface area contributed by atoms with Crippen LogP contribution >= 0.6 is 15.9 Å². The Kier molecular flexibility index (Phi) is 1.73. The third-order valence-corrected chi connectivity index (χ3v) is 3.38. The van der Waals surface area contributed by atoms with Crippen LogP contribution in [-0.2, 0) is 12.8 Å². The number of rotatable bonds is 0. The highest BCUT2D eigenvalue weighted by Crippen LogP contribution is 2.31. The van der Waals surface area contributed by atoms with Crippen LogP contribution in [0.2, 0.25) is 0 Å². The average Bonchev–Trinajstić information content (AvgIpc) is 2.62.